The molecule has 0 aromatic carbocycles. The summed E-state index contributed by atoms with van der Waals surface area (Å²) < 4.78 is 11.3. The second kappa shape index (κ2) is 4.51. The second-order valence-electron chi connectivity index (χ2n) is 1.00. The van der Waals surface area contributed by atoms with Gasteiger partial charge in [-0.2, -0.15) is 0 Å². The van der Waals surface area contributed by atoms with Crippen LogP contribution in [0.4, 0.5) is 4.39 Å². The third-order valence-electron chi connectivity index (χ3n) is 0.414. The van der Waals surface area contributed by atoms with Gasteiger partial charge in [0.2, 0.25) is 0 Å². The van der Waals surface area contributed by atoms with Gasteiger partial charge < -0.3 is 19.8 Å². The molecule has 0 aliphatic carbocycles. The number of carboxylic acid groups (broad SMARTS) is 2. The Bertz CT molecular complexity index is 111. The van der Waals surface area contributed by atoms with Gasteiger partial charge in [0.15, 0.2) is 6.17 Å². The van der Waals surface area contributed by atoms with Gasteiger partial charge in [0.05, 0.1) is 11.9 Å². The molecule has 0 amide bonds. The maximum absolute atomic E-state index is 11.3. The molecule has 0 rings (SSSR count). The Morgan fingerprint density at radius 3 is 1.44 bits per heavy atom. The average molecular weight is 144 g/mol. The molecule has 0 atom stereocenters. The van der Waals surface area contributed by atoms with Crippen molar-refractivity contribution in [1.29, 1.82) is 0 Å². The van der Waals surface area contributed by atoms with Crippen LogP contribution >= 0.6 is 0 Å². The molecule has 0 bridgehead atoms. The molecule has 0 aromatic heterocycles. The SMILES string of the molecule is O=C([O-])C(F)C(=O)[O-].[Mg+2]. The third-order valence-corrected chi connectivity index (χ3v) is 0.414. The molecule has 4 nitrogen and oxygen atoms in total. The van der Waals surface area contributed by atoms with Gasteiger partial charge in [-0.15, -0.1) is 0 Å². The first kappa shape index (κ1) is 11.4. The zero-order chi connectivity index (χ0) is 6.73. The molecule has 0 N–H and O–H groups in total. The molecule has 0 spiro atoms. The van der Waals surface area contributed by atoms with Gasteiger partial charge in [0.25, 0.3) is 0 Å². The fourth-order valence-corrected chi connectivity index (χ4v) is 0.0962. The van der Waals surface area contributed by atoms with Gasteiger partial charge in [-0.3, -0.25) is 0 Å². The molecular weight excluding hydrogens is 143 g/mol. The Hall–Kier alpha value is -0.364. The van der Waals surface area contributed by atoms with Crippen molar-refractivity contribution in [3.63, 3.8) is 0 Å². The molecule has 0 saturated heterocycles. The summed E-state index contributed by atoms with van der Waals surface area (Å²) >= 11 is 0. The minimum Gasteiger partial charge on any atom is -0.547 e. The smallest absolute Gasteiger partial charge is 0.547 e. The maximum Gasteiger partial charge on any atom is 2.00 e. The summed E-state index contributed by atoms with van der Waals surface area (Å²) in [6, 6.07) is 0. The van der Waals surface area contributed by atoms with E-state index in [1.54, 1.807) is 0 Å². The van der Waals surface area contributed by atoms with E-state index < -0.39 is 18.1 Å². The standard InChI is InChI=1S/C3H3FO4.Mg/c4-1(2(5)6)3(7)8;/h1H,(H,5,6)(H,7,8);/q;+2/p-2. The molecule has 6 heteroatoms. The van der Waals surface area contributed by atoms with Crippen LogP contribution in [0.15, 0.2) is 0 Å². The number of carbonyl (C=O) groups is 2. The van der Waals surface area contributed by atoms with Crippen LogP contribution in [0, 0.1) is 0 Å². The second-order valence-corrected chi connectivity index (χ2v) is 1.00. The molecule has 0 aliphatic rings. The average Bonchev–Trinajstić information content (AvgIpc) is 1.64. The van der Waals surface area contributed by atoms with Crippen molar-refractivity contribution in [2.45, 2.75) is 6.17 Å². The number of rotatable bonds is 2. The Morgan fingerprint density at radius 2 is 1.44 bits per heavy atom. The minimum absolute atomic E-state index is 0. The van der Waals surface area contributed by atoms with Gasteiger partial charge in [0.1, 0.15) is 0 Å². The zero-order valence-electron chi connectivity index (χ0n) is 4.30. The van der Waals surface area contributed by atoms with Gasteiger partial charge in [-0.25, -0.2) is 4.39 Å². The molecule has 0 aromatic rings. The van der Waals surface area contributed by atoms with Crippen molar-refractivity contribution >= 4 is 35.0 Å². The maximum atomic E-state index is 11.3. The summed E-state index contributed by atoms with van der Waals surface area (Å²) in [5.41, 5.74) is 0. The van der Waals surface area contributed by atoms with Gasteiger partial charge >= 0.3 is 23.1 Å². The van der Waals surface area contributed by atoms with Crippen LogP contribution in [-0.4, -0.2) is 41.2 Å². The van der Waals surface area contributed by atoms with Crippen LogP contribution in [0.5, 0.6) is 0 Å². The third kappa shape index (κ3) is 4.16. The van der Waals surface area contributed by atoms with E-state index in [1.807, 2.05) is 0 Å². The Morgan fingerprint density at radius 1 is 1.22 bits per heavy atom. The first-order valence-electron chi connectivity index (χ1n) is 1.61. The van der Waals surface area contributed by atoms with Gasteiger partial charge in [-0.05, 0) is 0 Å². The fraction of sp³-hybridized carbons (Fsp3) is 0.333. The van der Waals surface area contributed by atoms with Gasteiger partial charge in [-0.1, -0.05) is 0 Å². The number of hydrogen-bond acceptors (Lipinski definition) is 4. The summed E-state index contributed by atoms with van der Waals surface area (Å²) in [5.74, 6) is -4.57. The van der Waals surface area contributed by atoms with Crippen LogP contribution < -0.4 is 10.2 Å². The summed E-state index contributed by atoms with van der Waals surface area (Å²) in [6.45, 7) is 0. The molecular formula is C3HFMgO4. The molecule has 46 valence electrons. The minimum atomic E-state index is -3.02. The monoisotopic (exact) mass is 144 g/mol. The summed E-state index contributed by atoms with van der Waals surface area (Å²) in [4.78, 5) is 18.5. The van der Waals surface area contributed by atoms with Crippen LogP contribution in [0.3, 0.4) is 0 Å². The van der Waals surface area contributed by atoms with E-state index in [1.165, 1.54) is 0 Å². The number of hydrogen-bond donors (Lipinski definition) is 0. The normalized spacial score (nSPS) is 8.22. The van der Waals surface area contributed by atoms with E-state index in [2.05, 4.69) is 0 Å². The molecule has 0 fully saturated rings. The van der Waals surface area contributed by atoms with Crippen LogP contribution in [0.1, 0.15) is 0 Å². The quantitative estimate of drug-likeness (QED) is 0.297. The predicted octanol–water partition coefficient (Wildman–Crippen LogP) is -3.56. The molecule has 0 radical (unpaired) electrons. The Balaban J connectivity index is 0. The van der Waals surface area contributed by atoms with E-state index in [4.69, 9.17) is 0 Å². The largest absolute Gasteiger partial charge is 2.00 e. The Kier molecular flexibility index (Phi) is 5.73. The molecule has 9 heavy (non-hydrogen) atoms. The van der Waals surface area contributed by atoms with Crippen molar-refractivity contribution in [3.05, 3.63) is 0 Å². The van der Waals surface area contributed by atoms with Crippen LogP contribution in [-0.2, 0) is 9.59 Å². The van der Waals surface area contributed by atoms with Crippen molar-refractivity contribution in [3.8, 4) is 0 Å². The zero-order valence-corrected chi connectivity index (χ0v) is 5.71. The van der Waals surface area contributed by atoms with Crippen LogP contribution in [0.25, 0.3) is 0 Å². The van der Waals surface area contributed by atoms with E-state index in [-0.39, 0.29) is 23.1 Å². The van der Waals surface area contributed by atoms with Crippen molar-refractivity contribution in [1.82, 2.24) is 0 Å². The topological polar surface area (TPSA) is 80.3 Å². The summed E-state index contributed by atoms with van der Waals surface area (Å²) in [5, 5.41) is 18.5. The summed E-state index contributed by atoms with van der Waals surface area (Å²) in [7, 11) is 0. The van der Waals surface area contributed by atoms with Gasteiger partial charge in [0, 0.05) is 0 Å². The number of aliphatic carboxylic acids is 2. The Labute approximate surface area is 65.8 Å². The molecule has 0 saturated carbocycles. The van der Waals surface area contributed by atoms with Crippen molar-refractivity contribution in [2.75, 3.05) is 0 Å². The van der Waals surface area contributed by atoms with Crippen LogP contribution in [0.2, 0.25) is 0 Å². The van der Waals surface area contributed by atoms with Crippen molar-refractivity contribution in [2.24, 2.45) is 0 Å². The van der Waals surface area contributed by atoms with E-state index in [9.17, 15) is 24.2 Å². The predicted molar refractivity (Wildman–Crippen MR) is 20.7 cm³/mol. The van der Waals surface area contributed by atoms with Crippen molar-refractivity contribution < 1.29 is 24.2 Å². The van der Waals surface area contributed by atoms with E-state index >= 15 is 0 Å². The number of halogens is 1. The number of carboxylic acids is 2. The summed E-state index contributed by atoms with van der Waals surface area (Å²) in [6.07, 6.45) is -3.02. The van der Waals surface area contributed by atoms with E-state index in [0.717, 1.165) is 0 Å². The molecule has 0 heterocycles. The fourth-order valence-electron chi connectivity index (χ4n) is 0.0962. The number of carbonyl (C=O) groups excluding carboxylic acids is 2. The van der Waals surface area contributed by atoms with E-state index in [0.29, 0.717) is 0 Å². The molecule has 0 aliphatic heterocycles. The first-order chi connectivity index (χ1) is 3.55. The first-order valence-corrected chi connectivity index (χ1v) is 1.61. The molecule has 0 unspecified atom stereocenters. The number of alkyl halides is 1.